The minimum atomic E-state index is -1.26. The number of aromatic carboxylic acids is 1. The number of carboxylic acid groups (broad SMARTS) is 1. The van der Waals surface area contributed by atoms with E-state index in [1.165, 1.54) is 6.92 Å². The van der Waals surface area contributed by atoms with Crippen LogP contribution in [0.15, 0.2) is 0 Å². The molecule has 0 saturated heterocycles. The average Bonchev–Trinajstić information content (AvgIpc) is 2.78. The van der Waals surface area contributed by atoms with Crippen LogP contribution in [0.4, 0.5) is 5.13 Å². The molecule has 0 aliphatic rings. The third-order valence-electron chi connectivity index (χ3n) is 2.26. The first-order valence-corrected chi connectivity index (χ1v) is 6.88. The molecule has 0 saturated carbocycles. The van der Waals surface area contributed by atoms with Gasteiger partial charge in [-0.3, -0.25) is 9.59 Å². The number of amides is 1. The van der Waals surface area contributed by atoms with Crippen LogP contribution in [-0.4, -0.2) is 40.8 Å². The van der Waals surface area contributed by atoms with E-state index >= 15 is 0 Å². The molecule has 0 spiro atoms. The molecular weight excluding hydrogens is 282 g/mol. The zero-order valence-electron chi connectivity index (χ0n) is 11.5. The van der Waals surface area contributed by atoms with Crippen LogP contribution in [0.25, 0.3) is 0 Å². The average molecular weight is 299 g/mol. The predicted octanol–water partition coefficient (Wildman–Crippen LogP) is 1.23. The zero-order valence-corrected chi connectivity index (χ0v) is 12.3. The van der Waals surface area contributed by atoms with Crippen molar-refractivity contribution in [1.29, 1.82) is 0 Å². The number of hydrogen-bond acceptors (Lipinski definition) is 6. The second-order valence-electron chi connectivity index (χ2n) is 4.61. The predicted molar refractivity (Wildman–Crippen MR) is 75.4 cm³/mol. The van der Waals surface area contributed by atoms with Crippen LogP contribution in [0.1, 0.15) is 40.9 Å². The number of Topliss-reactive ketones (excluding diaryl/α,β-unsaturated/α-hetero) is 1. The van der Waals surface area contributed by atoms with E-state index in [4.69, 9.17) is 5.11 Å². The molecule has 3 N–H and O–H groups in total. The summed E-state index contributed by atoms with van der Waals surface area (Å²) < 4.78 is 0. The lowest BCUT2D eigenvalue weighted by molar-refractivity contribution is -0.119. The minimum absolute atomic E-state index is 0.0172. The fourth-order valence-corrected chi connectivity index (χ4v) is 2.16. The number of hydrogen-bond donors (Lipinski definition) is 3. The van der Waals surface area contributed by atoms with Gasteiger partial charge < -0.3 is 15.7 Å². The van der Waals surface area contributed by atoms with Gasteiger partial charge in [0.1, 0.15) is 4.88 Å². The lowest BCUT2D eigenvalue weighted by Crippen LogP contribution is -2.32. The molecule has 0 fully saturated rings. The second-order valence-corrected chi connectivity index (χ2v) is 5.61. The summed E-state index contributed by atoms with van der Waals surface area (Å²) in [4.78, 5) is 37.6. The van der Waals surface area contributed by atoms with E-state index in [1.54, 1.807) is 0 Å². The molecule has 0 aliphatic carbocycles. The standard InChI is InChI=1S/C12H17N3O4S/c1-6(2)4-13-8(17)5-14-12-15-9(11(18)19)10(20-12)7(3)16/h6H,4-5H2,1-3H3,(H,13,17)(H,14,15)(H,18,19). The van der Waals surface area contributed by atoms with Crippen molar-refractivity contribution >= 4 is 34.1 Å². The van der Waals surface area contributed by atoms with Gasteiger partial charge in [0.2, 0.25) is 5.91 Å². The van der Waals surface area contributed by atoms with Crippen LogP contribution in [-0.2, 0) is 4.79 Å². The van der Waals surface area contributed by atoms with Gasteiger partial charge in [0.25, 0.3) is 0 Å². The normalized spacial score (nSPS) is 10.4. The summed E-state index contributed by atoms with van der Waals surface area (Å²) in [6, 6.07) is 0. The van der Waals surface area contributed by atoms with Crippen LogP contribution >= 0.6 is 11.3 Å². The Morgan fingerprint density at radius 1 is 1.35 bits per heavy atom. The van der Waals surface area contributed by atoms with E-state index in [9.17, 15) is 14.4 Å². The Balaban J connectivity index is 2.65. The van der Waals surface area contributed by atoms with Crippen molar-refractivity contribution in [3.63, 3.8) is 0 Å². The summed E-state index contributed by atoms with van der Waals surface area (Å²) in [6.45, 7) is 5.78. The summed E-state index contributed by atoms with van der Waals surface area (Å²) in [5, 5.41) is 14.6. The number of nitrogens with zero attached hydrogens (tertiary/aromatic N) is 1. The number of ketones is 1. The lowest BCUT2D eigenvalue weighted by atomic mass is 10.2. The molecule has 0 atom stereocenters. The molecule has 0 radical (unpaired) electrons. The molecular formula is C12H17N3O4S. The van der Waals surface area contributed by atoms with Gasteiger partial charge in [0.15, 0.2) is 16.6 Å². The van der Waals surface area contributed by atoms with Crippen LogP contribution in [0.5, 0.6) is 0 Å². The molecule has 0 unspecified atom stereocenters. The van der Waals surface area contributed by atoms with Gasteiger partial charge in [-0.05, 0) is 5.92 Å². The maximum absolute atomic E-state index is 11.5. The smallest absolute Gasteiger partial charge is 0.356 e. The van der Waals surface area contributed by atoms with Crippen LogP contribution in [0.3, 0.4) is 0 Å². The number of aromatic nitrogens is 1. The highest BCUT2D eigenvalue weighted by atomic mass is 32.1. The maximum Gasteiger partial charge on any atom is 0.356 e. The van der Waals surface area contributed by atoms with Crippen molar-refractivity contribution in [3.05, 3.63) is 10.6 Å². The molecule has 1 heterocycles. The van der Waals surface area contributed by atoms with Gasteiger partial charge in [0, 0.05) is 13.5 Å². The summed E-state index contributed by atoms with van der Waals surface area (Å²) in [6.07, 6.45) is 0. The van der Waals surface area contributed by atoms with Crippen molar-refractivity contribution < 1.29 is 19.5 Å². The Labute approximate surface area is 120 Å². The first-order valence-electron chi connectivity index (χ1n) is 6.07. The Bertz CT molecular complexity index is 493. The fraction of sp³-hybridized carbons (Fsp3) is 0.500. The second kappa shape index (κ2) is 6.99. The number of thiazole rings is 1. The first-order chi connectivity index (χ1) is 9.31. The summed E-state index contributed by atoms with van der Waals surface area (Å²) in [5.74, 6) is -1.49. The molecule has 8 heteroatoms. The largest absolute Gasteiger partial charge is 0.476 e. The fourth-order valence-electron chi connectivity index (χ4n) is 1.32. The van der Waals surface area contributed by atoms with Gasteiger partial charge in [-0.2, -0.15) is 0 Å². The quantitative estimate of drug-likeness (QED) is 0.653. The molecule has 20 heavy (non-hydrogen) atoms. The van der Waals surface area contributed by atoms with E-state index < -0.39 is 5.97 Å². The SMILES string of the molecule is CC(=O)c1sc(NCC(=O)NCC(C)C)nc1C(=O)O. The van der Waals surface area contributed by atoms with Crippen molar-refractivity contribution in [1.82, 2.24) is 10.3 Å². The van der Waals surface area contributed by atoms with Crippen LogP contribution in [0.2, 0.25) is 0 Å². The number of anilines is 1. The van der Waals surface area contributed by atoms with Gasteiger partial charge in [0.05, 0.1) is 6.54 Å². The van der Waals surface area contributed by atoms with Crippen LogP contribution in [0, 0.1) is 5.92 Å². The van der Waals surface area contributed by atoms with E-state index in [2.05, 4.69) is 15.6 Å². The monoisotopic (exact) mass is 299 g/mol. The van der Waals surface area contributed by atoms with Gasteiger partial charge in [-0.15, -0.1) is 0 Å². The Hall–Kier alpha value is -1.96. The maximum atomic E-state index is 11.5. The molecule has 7 nitrogen and oxygen atoms in total. The lowest BCUT2D eigenvalue weighted by Gasteiger charge is -2.07. The number of carbonyl (C=O) groups excluding carboxylic acids is 2. The van der Waals surface area contributed by atoms with E-state index in [0.717, 1.165) is 11.3 Å². The molecule has 0 bridgehead atoms. The van der Waals surface area contributed by atoms with Crippen molar-refractivity contribution in [3.8, 4) is 0 Å². The van der Waals surface area contributed by atoms with E-state index in [-0.39, 0.29) is 33.9 Å². The minimum Gasteiger partial charge on any atom is -0.476 e. The number of carboxylic acids is 1. The number of rotatable bonds is 7. The van der Waals surface area contributed by atoms with Gasteiger partial charge in [-0.1, -0.05) is 25.2 Å². The molecule has 1 aromatic heterocycles. The Kier molecular flexibility index (Phi) is 5.63. The molecule has 1 rings (SSSR count). The first kappa shape index (κ1) is 16.1. The van der Waals surface area contributed by atoms with Crippen molar-refractivity contribution in [2.24, 2.45) is 5.92 Å². The molecule has 110 valence electrons. The van der Waals surface area contributed by atoms with E-state index in [1.807, 2.05) is 13.8 Å². The molecule has 1 amide bonds. The van der Waals surface area contributed by atoms with Crippen molar-refractivity contribution in [2.75, 3.05) is 18.4 Å². The van der Waals surface area contributed by atoms with Crippen LogP contribution < -0.4 is 10.6 Å². The summed E-state index contributed by atoms with van der Waals surface area (Å²) >= 11 is 0.930. The Morgan fingerprint density at radius 2 is 2.00 bits per heavy atom. The number of carbonyl (C=O) groups is 3. The summed E-state index contributed by atoms with van der Waals surface area (Å²) in [7, 11) is 0. The molecule has 1 aromatic rings. The molecule has 0 aliphatic heterocycles. The highest BCUT2D eigenvalue weighted by Crippen LogP contribution is 2.23. The van der Waals surface area contributed by atoms with Crippen molar-refractivity contribution in [2.45, 2.75) is 20.8 Å². The Morgan fingerprint density at radius 3 is 2.45 bits per heavy atom. The van der Waals surface area contributed by atoms with Gasteiger partial charge >= 0.3 is 5.97 Å². The highest BCUT2D eigenvalue weighted by molar-refractivity contribution is 7.17. The van der Waals surface area contributed by atoms with E-state index in [0.29, 0.717) is 12.5 Å². The number of nitrogens with one attached hydrogen (secondary N) is 2. The highest BCUT2D eigenvalue weighted by Gasteiger charge is 2.20. The molecule has 0 aromatic carbocycles. The van der Waals surface area contributed by atoms with Gasteiger partial charge in [-0.25, -0.2) is 9.78 Å². The zero-order chi connectivity index (χ0) is 15.3. The third kappa shape index (κ3) is 4.61. The topological polar surface area (TPSA) is 108 Å². The summed E-state index contributed by atoms with van der Waals surface area (Å²) in [5.41, 5.74) is -0.285. The third-order valence-corrected chi connectivity index (χ3v) is 3.37.